The van der Waals surface area contributed by atoms with Crippen molar-refractivity contribution >= 4 is 26.9 Å². The van der Waals surface area contributed by atoms with Gasteiger partial charge in [-0.15, -0.1) is 0 Å². The molecule has 0 saturated carbocycles. The van der Waals surface area contributed by atoms with Crippen LogP contribution in [0.1, 0.15) is 6.92 Å². The van der Waals surface area contributed by atoms with Crippen molar-refractivity contribution in [1.29, 1.82) is 0 Å². The van der Waals surface area contributed by atoms with E-state index in [4.69, 9.17) is 9.29 Å². The molecule has 0 aromatic heterocycles. The minimum atomic E-state index is -4.32. The van der Waals surface area contributed by atoms with E-state index in [1.54, 1.807) is 18.2 Å². The fraction of sp³-hybridized carbons (Fsp3) is 0.0833. The van der Waals surface area contributed by atoms with E-state index < -0.39 is 16.1 Å². The average Bonchev–Trinajstić information content (AvgIpc) is 2.27. The van der Waals surface area contributed by atoms with Crippen molar-refractivity contribution in [2.75, 3.05) is 0 Å². The molecule has 0 heterocycles. The summed E-state index contributed by atoms with van der Waals surface area (Å²) in [7, 11) is -4.32. The molecule has 0 unspecified atom stereocenters. The quantitative estimate of drug-likeness (QED) is 0.511. The summed E-state index contributed by atoms with van der Waals surface area (Å²) in [5, 5.41) is 0.751. The van der Waals surface area contributed by atoms with Crippen molar-refractivity contribution in [3.63, 3.8) is 0 Å². The van der Waals surface area contributed by atoms with Crippen LogP contribution < -0.4 is 4.74 Å². The topological polar surface area (TPSA) is 80.7 Å². The maximum absolute atomic E-state index is 11.2. The third kappa shape index (κ3) is 2.34. The highest BCUT2D eigenvalue weighted by atomic mass is 32.2. The van der Waals surface area contributed by atoms with Crippen LogP contribution >= 0.6 is 0 Å². The molecule has 0 aliphatic carbocycles. The smallest absolute Gasteiger partial charge is 0.308 e. The Morgan fingerprint density at radius 1 is 1.11 bits per heavy atom. The fourth-order valence-corrected chi connectivity index (χ4v) is 2.41. The zero-order valence-electron chi connectivity index (χ0n) is 9.45. The van der Waals surface area contributed by atoms with Crippen LogP contribution in [0.3, 0.4) is 0 Å². The Morgan fingerprint density at radius 3 is 2.28 bits per heavy atom. The van der Waals surface area contributed by atoms with E-state index in [1.807, 2.05) is 0 Å². The minimum absolute atomic E-state index is 0.214. The van der Waals surface area contributed by atoms with Gasteiger partial charge in [-0.1, -0.05) is 24.3 Å². The summed E-state index contributed by atoms with van der Waals surface area (Å²) in [4.78, 5) is 10.7. The van der Waals surface area contributed by atoms with Crippen molar-refractivity contribution in [3.05, 3.63) is 36.4 Å². The summed E-state index contributed by atoms with van der Waals surface area (Å²) >= 11 is 0. The zero-order chi connectivity index (χ0) is 13.3. The van der Waals surface area contributed by atoms with E-state index in [-0.39, 0.29) is 10.6 Å². The Morgan fingerprint density at radius 2 is 1.72 bits per heavy atom. The lowest BCUT2D eigenvalue weighted by atomic mass is 10.1. The summed E-state index contributed by atoms with van der Waals surface area (Å²) in [6, 6.07) is 9.01. The third-order valence-corrected chi connectivity index (χ3v) is 3.29. The first kappa shape index (κ1) is 12.5. The summed E-state index contributed by atoms with van der Waals surface area (Å²) in [5.41, 5.74) is 0. The fourth-order valence-electron chi connectivity index (χ4n) is 1.71. The van der Waals surface area contributed by atoms with Gasteiger partial charge < -0.3 is 4.74 Å². The standard InChI is InChI=1S/C12H10O5S/c1-8(13)17-11-6-7-12(18(14,15)16)10-5-3-2-4-9(10)11/h2-7H,1H3,(H,14,15,16). The predicted molar refractivity (Wildman–Crippen MR) is 65.1 cm³/mol. The maximum Gasteiger partial charge on any atom is 0.308 e. The molecule has 0 atom stereocenters. The molecule has 18 heavy (non-hydrogen) atoms. The van der Waals surface area contributed by atoms with Gasteiger partial charge in [0.25, 0.3) is 10.1 Å². The first-order valence-corrected chi connectivity index (χ1v) is 6.51. The summed E-state index contributed by atoms with van der Waals surface area (Å²) in [6.45, 7) is 1.26. The lowest BCUT2D eigenvalue weighted by Crippen LogP contribution is -2.04. The van der Waals surface area contributed by atoms with Crippen LogP contribution in [0.5, 0.6) is 5.75 Å². The number of fused-ring (bicyclic) bond motifs is 1. The van der Waals surface area contributed by atoms with E-state index in [9.17, 15) is 13.2 Å². The van der Waals surface area contributed by atoms with Crippen LogP contribution in [0.25, 0.3) is 10.8 Å². The number of carbonyl (C=O) groups excluding carboxylic acids is 1. The van der Waals surface area contributed by atoms with Gasteiger partial charge in [-0.2, -0.15) is 8.42 Å². The van der Waals surface area contributed by atoms with Crippen molar-refractivity contribution in [2.24, 2.45) is 0 Å². The van der Waals surface area contributed by atoms with Crippen molar-refractivity contribution in [2.45, 2.75) is 11.8 Å². The molecule has 0 saturated heterocycles. The van der Waals surface area contributed by atoms with Gasteiger partial charge in [0.15, 0.2) is 0 Å². The van der Waals surface area contributed by atoms with Gasteiger partial charge in [0, 0.05) is 17.7 Å². The Labute approximate surface area is 104 Å². The Bertz CT molecular complexity index is 718. The highest BCUT2D eigenvalue weighted by molar-refractivity contribution is 7.86. The molecule has 0 bridgehead atoms. The number of rotatable bonds is 2. The monoisotopic (exact) mass is 266 g/mol. The van der Waals surface area contributed by atoms with Crippen LogP contribution in [0.4, 0.5) is 0 Å². The molecule has 0 fully saturated rings. The third-order valence-electron chi connectivity index (χ3n) is 2.38. The van der Waals surface area contributed by atoms with Gasteiger partial charge in [0.05, 0.1) is 0 Å². The molecule has 0 aliphatic heterocycles. The number of esters is 1. The van der Waals surface area contributed by atoms with Crippen LogP contribution in [0.15, 0.2) is 41.3 Å². The summed E-state index contributed by atoms with van der Waals surface area (Å²) in [6.07, 6.45) is 0. The lowest BCUT2D eigenvalue weighted by Gasteiger charge is -2.08. The summed E-state index contributed by atoms with van der Waals surface area (Å²) in [5.74, 6) is -0.245. The molecule has 0 amide bonds. The SMILES string of the molecule is CC(=O)Oc1ccc(S(=O)(=O)O)c2ccccc12. The van der Waals surface area contributed by atoms with E-state index in [0.29, 0.717) is 10.8 Å². The van der Waals surface area contributed by atoms with Crippen molar-refractivity contribution in [1.82, 2.24) is 0 Å². The molecule has 6 heteroatoms. The van der Waals surface area contributed by atoms with Gasteiger partial charge in [-0.05, 0) is 12.1 Å². The largest absolute Gasteiger partial charge is 0.426 e. The van der Waals surface area contributed by atoms with Crippen LogP contribution in [-0.4, -0.2) is 18.9 Å². The molecular formula is C12H10O5S. The van der Waals surface area contributed by atoms with E-state index in [2.05, 4.69) is 0 Å². The normalized spacial score (nSPS) is 11.4. The Balaban J connectivity index is 2.78. The first-order valence-electron chi connectivity index (χ1n) is 5.07. The molecule has 1 N–H and O–H groups in total. The van der Waals surface area contributed by atoms with E-state index in [1.165, 1.54) is 25.1 Å². The van der Waals surface area contributed by atoms with Crippen molar-refractivity contribution < 1.29 is 22.5 Å². The van der Waals surface area contributed by atoms with Gasteiger partial charge in [-0.25, -0.2) is 0 Å². The van der Waals surface area contributed by atoms with Crippen LogP contribution in [0.2, 0.25) is 0 Å². The molecule has 0 radical (unpaired) electrons. The van der Waals surface area contributed by atoms with E-state index in [0.717, 1.165) is 0 Å². The first-order chi connectivity index (χ1) is 8.39. The zero-order valence-corrected chi connectivity index (χ0v) is 10.3. The van der Waals surface area contributed by atoms with Crippen LogP contribution in [0, 0.1) is 0 Å². The predicted octanol–water partition coefficient (Wildman–Crippen LogP) is 2.01. The van der Waals surface area contributed by atoms with E-state index >= 15 is 0 Å². The second kappa shape index (κ2) is 4.40. The molecule has 2 rings (SSSR count). The van der Waals surface area contributed by atoms with Crippen molar-refractivity contribution in [3.8, 4) is 5.75 Å². The minimum Gasteiger partial charge on any atom is -0.426 e. The molecule has 0 spiro atoms. The van der Waals surface area contributed by atoms with Gasteiger partial charge >= 0.3 is 5.97 Å². The number of hydrogen-bond donors (Lipinski definition) is 1. The molecule has 94 valence electrons. The number of ether oxygens (including phenoxy) is 1. The molecular weight excluding hydrogens is 256 g/mol. The number of carbonyl (C=O) groups is 1. The highest BCUT2D eigenvalue weighted by Crippen LogP contribution is 2.30. The van der Waals surface area contributed by atoms with Gasteiger partial charge in [-0.3, -0.25) is 9.35 Å². The number of hydrogen-bond acceptors (Lipinski definition) is 4. The lowest BCUT2D eigenvalue weighted by molar-refractivity contribution is -0.131. The second-order valence-corrected chi connectivity index (χ2v) is 5.07. The number of benzene rings is 2. The maximum atomic E-state index is 11.2. The highest BCUT2D eigenvalue weighted by Gasteiger charge is 2.16. The molecule has 2 aromatic carbocycles. The average molecular weight is 266 g/mol. The van der Waals surface area contributed by atoms with Gasteiger partial charge in [0.1, 0.15) is 10.6 Å². The Kier molecular flexibility index (Phi) is 3.06. The molecule has 5 nitrogen and oxygen atoms in total. The molecule has 0 aliphatic rings. The van der Waals surface area contributed by atoms with Crippen LogP contribution in [-0.2, 0) is 14.9 Å². The molecule has 2 aromatic rings. The summed E-state index contributed by atoms with van der Waals surface area (Å²) < 4.78 is 36.6. The van der Waals surface area contributed by atoms with Gasteiger partial charge in [0.2, 0.25) is 0 Å². The Hall–Kier alpha value is -1.92. The second-order valence-electron chi connectivity index (χ2n) is 3.68.